The zero-order valence-corrected chi connectivity index (χ0v) is 22.6. The van der Waals surface area contributed by atoms with Crippen molar-refractivity contribution in [1.82, 2.24) is 0 Å². The number of Topliss-reactive ketones (excluding diaryl/α,β-unsaturated/α-hetero) is 1. The number of nitrogens with zero attached hydrogens (tertiary/aromatic N) is 2. The number of nitro groups is 1. The van der Waals surface area contributed by atoms with Gasteiger partial charge in [-0.15, -0.1) is 11.3 Å². The molecular formula is C28H30N2O8S. The first-order valence-corrected chi connectivity index (χ1v) is 13.9. The van der Waals surface area contributed by atoms with E-state index in [1.165, 1.54) is 12.1 Å². The molecule has 3 heterocycles. The molecule has 0 saturated carbocycles. The summed E-state index contributed by atoms with van der Waals surface area (Å²) in [6, 6.07) is 6.62. The highest BCUT2D eigenvalue weighted by Crippen LogP contribution is 2.50. The molecule has 4 atom stereocenters. The van der Waals surface area contributed by atoms with Crippen molar-refractivity contribution in [2.24, 2.45) is 10.9 Å². The lowest BCUT2D eigenvalue weighted by atomic mass is 9.70. The van der Waals surface area contributed by atoms with E-state index in [2.05, 4.69) is 0 Å². The van der Waals surface area contributed by atoms with Crippen LogP contribution < -0.4 is 4.74 Å². The van der Waals surface area contributed by atoms with Crippen LogP contribution in [-0.2, 0) is 19.1 Å². The fourth-order valence-corrected chi connectivity index (χ4v) is 6.52. The van der Waals surface area contributed by atoms with Crippen molar-refractivity contribution >= 4 is 34.5 Å². The second kappa shape index (κ2) is 11.3. The summed E-state index contributed by atoms with van der Waals surface area (Å²) in [6.07, 6.45) is 2.23. The number of aromatic hydroxyl groups is 1. The molecule has 11 heteroatoms. The van der Waals surface area contributed by atoms with E-state index in [0.717, 1.165) is 17.7 Å². The summed E-state index contributed by atoms with van der Waals surface area (Å²) in [7, 11) is 0. The van der Waals surface area contributed by atoms with Gasteiger partial charge in [0, 0.05) is 52.8 Å². The summed E-state index contributed by atoms with van der Waals surface area (Å²) in [4.78, 5) is 44.3. The van der Waals surface area contributed by atoms with E-state index >= 15 is 0 Å². The van der Waals surface area contributed by atoms with Crippen LogP contribution in [-0.4, -0.2) is 53.4 Å². The molecule has 0 bridgehead atoms. The van der Waals surface area contributed by atoms with E-state index in [-0.39, 0.29) is 43.2 Å². The number of phenolic OH excluding ortho intramolecular Hbond substituents is 1. The number of nitro benzene ring substituents is 1. The fraction of sp³-hybridized carbons (Fsp3) is 0.464. The highest BCUT2D eigenvalue weighted by Gasteiger charge is 2.46. The second-order valence-corrected chi connectivity index (χ2v) is 10.9. The van der Waals surface area contributed by atoms with Gasteiger partial charge in [-0.05, 0) is 56.2 Å². The minimum atomic E-state index is -0.981. The first-order chi connectivity index (χ1) is 18.8. The number of benzene rings is 1. The molecule has 4 unspecified atom stereocenters. The largest absolute Gasteiger partial charge is 0.500 e. The number of esters is 1. The summed E-state index contributed by atoms with van der Waals surface area (Å²) in [6.45, 7) is 4.25. The highest BCUT2D eigenvalue weighted by molar-refractivity contribution is 7.10. The van der Waals surface area contributed by atoms with E-state index < -0.39 is 34.2 Å². The van der Waals surface area contributed by atoms with Crippen LogP contribution in [0.1, 0.15) is 61.8 Å². The summed E-state index contributed by atoms with van der Waals surface area (Å²) >= 11 is 1.58. The Kier molecular flexibility index (Phi) is 7.81. The number of carbonyl (C=O) groups is 2. The normalized spacial score (nSPS) is 24.8. The Morgan fingerprint density at radius 1 is 1.33 bits per heavy atom. The van der Waals surface area contributed by atoms with Gasteiger partial charge in [0.15, 0.2) is 11.5 Å². The molecule has 1 aromatic carbocycles. The fourth-order valence-electron chi connectivity index (χ4n) is 5.69. The predicted octanol–water partition coefficient (Wildman–Crippen LogP) is 5.06. The Labute approximate surface area is 229 Å². The Hall–Kier alpha value is -3.57. The van der Waals surface area contributed by atoms with Crippen molar-refractivity contribution in [1.29, 1.82) is 0 Å². The van der Waals surface area contributed by atoms with Gasteiger partial charge in [-0.1, -0.05) is 6.07 Å². The lowest BCUT2D eigenvalue weighted by Crippen LogP contribution is -2.38. The number of rotatable bonds is 8. The molecule has 1 fully saturated rings. The summed E-state index contributed by atoms with van der Waals surface area (Å²) in [5.41, 5.74) is 1.14. The minimum Gasteiger partial charge on any atom is -0.500 e. The molecule has 1 saturated heterocycles. The zero-order chi connectivity index (χ0) is 27.7. The Balaban J connectivity index is 1.60. The summed E-state index contributed by atoms with van der Waals surface area (Å²) in [5.74, 6) is -3.34. The van der Waals surface area contributed by atoms with Crippen molar-refractivity contribution < 1.29 is 33.8 Å². The molecule has 5 rings (SSSR count). The lowest BCUT2D eigenvalue weighted by molar-refractivity contribution is -0.386. The van der Waals surface area contributed by atoms with Gasteiger partial charge < -0.3 is 19.3 Å². The first kappa shape index (κ1) is 27.0. The number of allylic oxidation sites excluding steroid dienone is 2. The molecule has 1 aliphatic carbocycles. The lowest BCUT2D eigenvalue weighted by Gasteiger charge is -2.36. The van der Waals surface area contributed by atoms with Gasteiger partial charge in [0.2, 0.25) is 5.75 Å². The van der Waals surface area contributed by atoms with E-state index in [4.69, 9.17) is 19.2 Å². The third kappa shape index (κ3) is 5.33. The molecule has 0 spiro atoms. The van der Waals surface area contributed by atoms with Gasteiger partial charge in [0.1, 0.15) is 12.5 Å². The van der Waals surface area contributed by atoms with E-state index in [1.54, 1.807) is 25.2 Å². The van der Waals surface area contributed by atoms with E-state index in [1.807, 2.05) is 17.5 Å². The van der Waals surface area contributed by atoms with Crippen LogP contribution in [0.25, 0.3) is 0 Å². The second-order valence-electron chi connectivity index (χ2n) is 9.95. The van der Waals surface area contributed by atoms with Crippen LogP contribution in [0.5, 0.6) is 11.5 Å². The molecule has 0 amide bonds. The van der Waals surface area contributed by atoms with Crippen molar-refractivity contribution in [2.45, 2.75) is 57.5 Å². The topological polar surface area (TPSA) is 138 Å². The number of hydrogen-bond donors (Lipinski definition) is 1. The standard InChI is InChI=1S/C28H30N2O8S/c1-3-36-22-13-17(11-20(27(22)32)30(34)35)25-24(28(33)38-14-18-6-4-8-37-18)15(2)29-19-10-16(12-21(31)26(19)25)23-7-5-9-39-23/h5,7,9,11,13,16,18,24-25,32H,3-4,6,8,10,12,14H2,1-2H3. The summed E-state index contributed by atoms with van der Waals surface area (Å²) in [5, 5.41) is 24.3. The van der Waals surface area contributed by atoms with Gasteiger partial charge in [-0.2, -0.15) is 0 Å². The molecule has 206 valence electrons. The zero-order valence-electron chi connectivity index (χ0n) is 21.8. The Bertz CT molecular complexity index is 1340. The van der Waals surface area contributed by atoms with Crippen LogP contribution in [0.2, 0.25) is 0 Å². The van der Waals surface area contributed by atoms with Crippen LogP contribution in [0.4, 0.5) is 5.69 Å². The average Bonchev–Trinajstić information content (AvgIpc) is 3.62. The van der Waals surface area contributed by atoms with Gasteiger partial charge >= 0.3 is 11.7 Å². The molecular weight excluding hydrogens is 524 g/mol. The third-order valence-electron chi connectivity index (χ3n) is 7.46. The first-order valence-electron chi connectivity index (χ1n) is 13.1. The van der Waals surface area contributed by atoms with Crippen molar-refractivity contribution in [3.05, 3.63) is 61.5 Å². The predicted molar refractivity (Wildman–Crippen MR) is 144 cm³/mol. The van der Waals surface area contributed by atoms with Gasteiger partial charge in [0.25, 0.3) is 0 Å². The highest BCUT2D eigenvalue weighted by atomic mass is 32.1. The average molecular weight is 555 g/mol. The van der Waals surface area contributed by atoms with Crippen molar-refractivity contribution in [3.63, 3.8) is 0 Å². The molecule has 0 radical (unpaired) electrons. The number of carbonyl (C=O) groups excluding carboxylic acids is 2. The molecule has 39 heavy (non-hydrogen) atoms. The number of ketones is 1. The van der Waals surface area contributed by atoms with Crippen molar-refractivity contribution in [2.75, 3.05) is 19.8 Å². The molecule has 2 aliphatic heterocycles. The van der Waals surface area contributed by atoms with Crippen molar-refractivity contribution in [3.8, 4) is 11.5 Å². The molecule has 1 N–H and O–H groups in total. The molecule has 2 aromatic rings. The minimum absolute atomic E-state index is 0.0374. The van der Waals surface area contributed by atoms with Crippen LogP contribution in [0.15, 0.2) is 45.9 Å². The number of phenols is 1. The monoisotopic (exact) mass is 554 g/mol. The summed E-state index contributed by atoms with van der Waals surface area (Å²) < 4.78 is 16.8. The molecule has 3 aliphatic rings. The maximum Gasteiger partial charge on any atom is 0.315 e. The maximum atomic E-state index is 13.7. The number of hydrogen-bond acceptors (Lipinski definition) is 10. The number of aliphatic imine (C=N–C) groups is 1. The third-order valence-corrected chi connectivity index (χ3v) is 8.49. The molecule has 1 aromatic heterocycles. The quantitative estimate of drug-likeness (QED) is 0.272. The Morgan fingerprint density at radius 3 is 2.82 bits per heavy atom. The smallest absolute Gasteiger partial charge is 0.315 e. The van der Waals surface area contributed by atoms with Crippen LogP contribution in [0.3, 0.4) is 0 Å². The molecule has 10 nitrogen and oxygen atoms in total. The van der Waals surface area contributed by atoms with Gasteiger partial charge in [-0.25, -0.2) is 0 Å². The van der Waals surface area contributed by atoms with Gasteiger partial charge in [-0.3, -0.25) is 24.7 Å². The van der Waals surface area contributed by atoms with Crippen LogP contribution >= 0.6 is 11.3 Å². The Morgan fingerprint density at radius 2 is 2.15 bits per heavy atom. The van der Waals surface area contributed by atoms with E-state index in [0.29, 0.717) is 35.6 Å². The number of ether oxygens (including phenoxy) is 3. The maximum absolute atomic E-state index is 13.7. The van der Waals surface area contributed by atoms with Crippen LogP contribution in [0, 0.1) is 16.0 Å². The van der Waals surface area contributed by atoms with Gasteiger partial charge in [0.05, 0.1) is 17.6 Å². The van der Waals surface area contributed by atoms with E-state index in [9.17, 15) is 24.8 Å². The SMILES string of the molecule is CCOc1cc(C2C3=C(CC(c4cccs4)CC3=O)N=C(C)C2C(=O)OCC2CCCO2)cc([N+](=O)[O-])c1O. The number of thiophene rings is 1.